The van der Waals surface area contributed by atoms with E-state index >= 15 is 0 Å². The molecular weight excluding hydrogens is 460 g/mol. The molecular formula is C23H19F6N5. The molecule has 0 atom stereocenters. The minimum absolute atomic E-state index is 0.0641. The van der Waals surface area contributed by atoms with Gasteiger partial charge < -0.3 is 9.88 Å². The van der Waals surface area contributed by atoms with Crippen LogP contribution >= 0.6 is 0 Å². The summed E-state index contributed by atoms with van der Waals surface area (Å²) in [5, 5.41) is 2.74. The van der Waals surface area contributed by atoms with Crippen molar-refractivity contribution < 1.29 is 26.3 Å². The molecule has 178 valence electrons. The number of alkyl halides is 6. The van der Waals surface area contributed by atoms with Gasteiger partial charge in [0.25, 0.3) is 0 Å². The summed E-state index contributed by atoms with van der Waals surface area (Å²) in [5.74, 6) is 0. The van der Waals surface area contributed by atoms with E-state index in [2.05, 4.69) is 20.3 Å². The molecule has 0 saturated carbocycles. The van der Waals surface area contributed by atoms with Gasteiger partial charge in [0.1, 0.15) is 17.5 Å². The average molecular weight is 479 g/mol. The van der Waals surface area contributed by atoms with E-state index in [4.69, 9.17) is 0 Å². The van der Waals surface area contributed by atoms with Crippen LogP contribution in [0.4, 0.5) is 37.7 Å². The van der Waals surface area contributed by atoms with E-state index in [-0.39, 0.29) is 23.5 Å². The highest BCUT2D eigenvalue weighted by Gasteiger charge is 2.37. The van der Waals surface area contributed by atoms with E-state index < -0.39 is 23.5 Å². The molecule has 2 heterocycles. The predicted molar refractivity (Wildman–Crippen MR) is 116 cm³/mol. The lowest BCUT2D eigenvalue weighted by atomic mass is 10.0. The number of imidazole rings is 1. The monoisotopic (exact) mass is 479 g/mol. The van der Waals surface area contributed by atoms with Crippen LogP contribution in [0.25, 0.3) is 22.4 Å². The maximum atomic E-state index is 13.3. The molecule has 0 fully saturated rings. The van der Waals surface area contributed by atoms with Gasteiger partial charge in [-0.1, -0.05) is 12.1 Å². The zero-order valence-corrected chi connectivity index (χ0v) is 18.3. The number of halogens is 6. The molecule has 0 aliphatic rings. The number of fused-ring (bicyclic) bond motifs is 1. The molecule has 1 N–H and O–H groups in total. The highest BCUT2D eigenvalue weighted by Crippen LogP contribution is 2.39. The Morgan fingerprint density at radius 2 is 1.50 bits per heavy atom. The molecule has 0 amide bonds. The second-order valence-electron chi connectivity index (χ2n) is 8.11. The predicted octanol–water partition coefficient (Wildman–Crippen LogP) is 7.16. The number of aryl methyl sites for hydroxylation is 1. The lowest BCUT2D eigenvalue weighted by molar-refractivity contribution is -0.143. The quantitative estimate of drug-likeness (QED) is 0.316. The van der Waals surface area contributed by atoms with Gasteiger partial charge in [0.15, 0.2) is 5.65 Å². The van der Waals surface area contributed by atoms with Crippen LogP contribution < -0.4 is 5.32 Å². The number of rotatable bonds is 4. The van der Waals surface area contributed by atoms with Crippen molar-refractivity contribution in [2.24, 2.45) is 0 Å². The van der Waals surface area contributed by atoms with Gasteiger partial charge >= 0.3 is 12.4 Å². The second-order valence-corrected chi connectivity index (χ2v) is 8.11. The zero-order chi connectivity index (χ0) is 24.8. The Hall–Kier alpha value is -3.63. The lowest BCUT2D eigenvalue weighted by Crippen LogP contribution is -2.11. The number of hydrogen-bond acceptors (Lipinski definition) is 4. The molecule has 0 unspecified atom stereocenters. The fourth-order valence-electron chi connectivity index (χ4n) is 3.58. The summed E-state index contributed by atoms with van der Waals surface area (Å²) in [4.78, 5) is 13.0. The largest absolute Gasteiger partial charge is 0.416 e. The van der Waals surface area contributed by atoms with Crippen LogP contribution in [0.5, 0.6) is 0 Å². The molecule has 11 heteroatoms. The van der Waals surface area contributed by atoms with Crippen molar-refractivity contribution in [3.63, 3.8) is 0 Å². The molecule has 4 aromatic rings. The minimum Gasteiger partial charge on any atom is -0.355 e. The first-order valence-electron chi connectivity index (χ1n) is 10.2. The van der Waals surface area contributed by atoms with Crippen molar-refractivity contribution in [3.8, 4) is 11.3 Å². The Bertz CT molecular complexity index is 1320. The third-order valence-corrected chi connectivity index (χ3v) is 5.21. The van der Waals surface area contributed by atoms with Gasteiger partial charge in [-0.3, -0.25) is 0 Å². The molecule has 5 nitrogen and oxygen atoms in total. The molecule has 0 bridgehead atoms. The summed E-state index contributed by atoms with van der Waals surface area (Å²) in [5.41, 5.74) is -0.259. The van der Waals surface area contributed by atoms with E-state index in [1.165, 1.54) is 6.33 Å². The maximum absolute atomic E-state index is 13.3. The van der Waals surface area contributed by atoms with E-state index in [1.807, 2.05) is 18.4 Å². The van der Waals surface area contributed by atoms with Gasteiger partial charge in [0.2, 0.25) is 0 Å². The average Bonchev–Trinajstić information content (AvgIpc) is 3.17. The third-order valence-electron chi connectivity index (χ3n) is 5.21. The lowest BCUT2D eigenvalue weighted by Gasteiger charge is -2.17. The Morgan fingerprint density at radius 1 is 0.853 bits per heavy atom. The molecule has 2 aromatic heterocycles. The highest BCUT2D eigenvalue weighted by molar-refractivity contribution is 5.93. The van der Waals surface area contributed by atoms with Crippen LogP contribution in [0.3, 0.4) is 0 Å². The van der Waals surface area contributed by atoms with E-state index in [1.54, 1.807) is 31.5 Å². The first-order chi connectivity index (χ1) is 15.8. The molecule has 0 aliphatic carbocycles. The van der Waals surface area contributed by atoms with Crippen molar-refractivity contribution >= 4 is 22.5 Å². The standard InChI is InChI=1S/C23H19F6N5/c1-12(2)34-11-32-20-19(30-10-31-21(20)34)17-5-4-13(3)6-18(17)33-16-8-14(22(24,25)26)7-15(9-16)23(27,28)29/h4-12,33H,1-3H3. The van der Waals surface area contributed by atoms with Crippen molar-refractivity contribution in [1.29, 1.82) is 0 Å². The van der Waals surface area contributed by atoms with Gasteiger partial charge in [0.05, 0.1) is 17.5 Å². The van der Waals surface area contributed by atoms with E-state index in [9.17, 15) is 26.3 Å². The number of anilines is 2. The van der Waals surface area contributed by atoms with Gasteiger partial charge in [-0.05, 0) is 50.6 Å². The topological polar surface area (TPSA) is 55.6 Å². The van der Waals surface area contributed by atoms with E-state index in [0.29, 0.717) is 34.6 Å². The zero-order valence-electron chi connectivity index (χ0n) is 18.3. The van der Waals surface area contributed by atoms with Crippen LogP contribution in [0.15, 0.2) is 49.1 Å². The van der Waals surface area contributed by atoms with Crippen molar-refractivity contribution in [2.45, 2.75) is 39.2 Å². The van der Waals surface area contributed by atoms with Crippen molar-refractivity contribution in [3.05, 3.63) is 65.7 Å². The molecule has 0 saturated heterocycles. The normalized spacial score (nSPS) is 12.5. The van der Waals surface area contributed by atoms with Crippen LogP contribution in [-0.4, -0.2) is 19.5 Å². The first-order valence-corrected chi connectivity index (χ1v) is 10.2. The number of hydrogen-bond donors (Lipinski definition) is 1. The Kier molecular flexibility index (Phi) is 5.74. The summed E-state index contributed by atoms with van der Waals surface area (Å²) in [7, 11) is 0. The first kappa shape index (κ1) is 23.5. The summed E-state index contributed by atoms with van der Waals surface area (Å²) in [6.07, 6.45) is -6.95. The third kappa shape index (κ3) is 4.55. The minimum atomic E-state index is -4.95. The molecule has 4 rings (SSSR count). The summed E-state index contributed by atoms with van der Waals surface area (Å²) >= 11 is 0. The molecule has 0 spiro atoms. The second kappa shape index (κ2) is 8.30. The number of aromatic nitrogens is 4. The molecule has 0 radical (unpaired) electrons. The molecule has 2 aromatic carbocycles. The van der Waals surface area contributed by atoms with Crippen LogP contribution in [0.2, 0.25) is 0 Å². The molecule has 0 aliphatic heterocycles. The van der Waals surface area contributed by atoms with Crippen LogP contribution in [0, 0.1) is 6.92 Å². The smallest absolute Gasteiger partial charge is 0.355 e. The van der Waals surface area contributed by atoms with Crippen LogP contribution in [0.1, 0.15) is 36.6 Å². The molecule has 34 heavy (non-hydrogen) atoms. The summed E-state index contributed by atoms with van der Waals surface area (Å²) < 4.78 is 81.7. The van der Waals surface area contributed by atoms with Gasteiger partial charge in [-0.25, -0.2) is 15.0 Å². The summed E-state index contributed by atoms with van der Waals surface area (Å²) in [6.45, 7) is 5.66. The SMILES string of the molecule is Cc1ccc(-c2ncnc3c2ncn3C(C)C)c(Nc2cc(C(F)(F)F)cc(C(F)(F)F)c2)c1. The fraction of sp³-hybridized carbons (Fsp3) is 0.261. The summed E-state index contributed by atoms with van der Waals surface area (Å²) in [6, 6.07) is 6.52. The van der Waals surface area contributed by atoms with Gasteiger partial charge in [-0.15, -0.1) is 0 Å². The van der Waals surface area contributed by atoms with Crippen molar-refractivity contribution in [1.82, 2.24) is 19.5 Å². The number of nitrogens with one attached hydrogen (secondary N) is 1. The number of benzene rings is 2. The Morgan fingerprint density at radius 3 is 2.09 bits per heavy atom. The number of nitrogens with zero attached hydrogens (tertiary/aromatic N) is 4. The van der Waals surface area contributed by atoms with Gasteiger partial charge in [0, 0.05) is 23.0 Å². The fourth-order valence-corrected chi connectivity index (χ4v) is 3.58. The van der Waals surface area contributed by atoms with Crippen LogP contribution in [-0.2, 0) is 12.4 Å². The highest BCUT2D eigenvalue weighted by atomic mass is 19.4. The van der Waals surface area contributed by atoms with Gasteiger partial charge in [-0.2, -0.15) is 26.3 Å². The Balaban J connectivity index is 1.87. The van der Waals surface area contributed by atoms with Crippen molar-refractivity contribution in [2.75, 3.05) is 5.32 Å². The maximum Gasteiger partial charge on any atom is 0.416 e. The Labute approximate surface area is 190 Å². The van der Waals surface area contributed by atoms with E-state index in [0.717, 1.165) is 5.56 Å².